The second kappa shape index (κ2) is 5.25. The monoisotopic (exact) mass is 290 g/mol. The van der Waals surface area contributed by atoms with E-state index in [1.165, 1.54) is 0 Å². The summed E-state index contributed by atoms with van der Waals surface area (Å²) in [6.45, 7) is 4.15. The molecule has 1 aromatic rings. The van der Waals surface area contributed by atoms with E-state index in [9.17, 15) is 0 Å². The Kier molecular flexibility index (Phi) is 4.46. The summed E-state index contributed by atoms with van der Waals surface area (Å²) < 4.78 is 7.99. The van der Waals surface area contributed by atoms with Crippen molar-refractivity contribution in [3.63, 3.8) is 0 Å². The summed E-state index contributed by atoms with van der Waals surface area (Å²) in [7, 11) is 3.53. The maximum atomic E-state index is 6.30. The van der Waals surface area contributed by atoms with E-state index in [1.807, 2.05) is 7.05 Å². The average Bonchev–Trinajstić information content (AvgIpc) is 2.61. The maximum absolute atomic E-state index is 6.30. The molecule has 0 saturated carbocycles. The standard InChI is InChI=1S/C10H19BrN4O/c1-5-10(6-2,16-4)8(12)7-9(11)13-14-15(7)3/h8H,5-6,12H2,1-4H3. The summed E-state index contributed by atoms with van der Waals surface area (Å²) in [5.74, 6) is 0. The summed E-state index contributed by atoms with van der Waals surface area (Å²) in [4.78, 5) is 0. The van der Waals surface area contributed by atoms with Gasteiger partial charge in [0.2, 0.25) is 0 Å². The molecule has 0 fully saturated rings. The summed E-state index contributed by atoms with van der Waals surface area (Å²) >= 11 is 3.37. The molecule has 1 unspecified atom stereocenters. The van der Waals surface area contributed by atoms with Crippen molar-refractivity contribution in [2.24, 2.45) is 12.8 Å². The van der Waals surface area contributed by atoms with E-state index in [1.54, 1.807) is 11.8 Å². The van der Waals surface area contributed by atoms with Crippen LogP contribution in [0.1, 0.15) is 38.4 Å². The van der Waals surface area contributed by atoms with E-state index in [2.05, 4.69) is 40.1 Å². The fourth-order valence-electron chi connectivity index (χ4n) is 2.02. The van der Waals surface area contributed by atoms with Crippen molar-refractivity contribution in [2.45, 2.75) is 38.3 Å². The largest absolute Gasteiger partial charge is 0.376 e. The van der Waals surface area contributed by atoms with Crippen molar-refractivity contribution in [1.82, 2.24) is 15.0 Å². The Hall–Kier alpha value is -0.460. The molecular formula is C10H19BrN4O. The molecule has 0 spiro atoms. The first-order valence-corrected chi connectivity index (χ1v) is 6.17. The number of aromatic nitrogens is 3. The Bertz CT molecular complexity index is 321. The molecule has 6 heteroatoms. The first-order valence-electron chi connectivity index (χ1n) is 5.38. The van der Waals surface area contributed by atoms with Crippen LogP contribution in [0.25, 0.3) is 0 Å². The van der Waals surface area contributed by atoms with E-state index in [0.717, 1.165) is 18.5 Å². The van der Waals surface area contributed by atoms with Crippen LogP contribution in [0.15, 0.2) is 4.60 Å². The molecule has 0 bridgehead atoms. The lowest BCUT2D eigenvalue weighted by Crippen LogP contribution is -2.43. The fraction of sp³-hybridized carbons (Fsp3) is 0.800. The highest BCUT2D eigenvalue weighted by molar-refractivity contribution is 9.10. The topological polar surface area (TPSA) is 66.0 Å². The molecule has 0 aliphatic heterocycles. The summed E-state index contributed by atoms with van der Waals surface area (Å²) in [5.41, 5.74) is 6.80. The minimum absolute atomic E-state index is 0.248. The van der Waals surface area contributed by atoms with Crippen LogP contribution in [0.5, 0.6) is 0 Å². The molecule has 1 aromatic heterocycles. The van der Waals surface area contributed by atoms with Crippen molar-refractivity contribution >= 4 is 15.9 Å². The van der Waals surface area contributed by atoms with E-state index in [0.29, 0.717) is 4.60 Å². The third-order valence-electron chi connectivity index (χ3n) is 3.29. The predicted octanol–water partition coefficient (Wildman–Crippen LogP) is 1.78. The van der Waals surface area contributed by atoms with Crippen molar-refractivity contribution in [3.05, 3.63) is 10.3 Å². The normalized spacial score (nSPS) is 14.1. The van der Waals surface area contributed by atoms with Crippen LogP contribution < -0.4 is 5.73 Å². The van der Waals surface area contributed by atoms with Gasteiger partial charge in [0.05, 0.1) is 17.3 Å². The van der Waals surface area contributed by atoms with Gasteiger partial charge in [-0.25, -0.2) is 4.68 Å². The number of nitrogens with two attached hydrogens (primary N) is 1. The second-order valence-corrected chi connectivity index (χ2v) is 4.59. The molecular weight excluding hydrogens is 272 g/mol. The molecule has 0 radical (unpaired) electrons. The van der Waals surface area contributed by atoms with Crippen molar-refractivity contribution in [1.29, 1.82) is 0 Å². The molecule has 0 amide bonds. The molecule has 0 aliphatic rings. The highest BCUT2D eigenvalue weighted by Crippen LogP contribution is 2.34. The highest BCUT2D eigenvalue weighted by Gasteiger charge is 2.37. The molecule has 5 nitrogen and oxygen atoms in total. The van der Waals surface area contributed by atoms with Crippen LogP contribution >= 0.6 is 15.9 Å². The van der Waals surface area contributed by atoms with Gasteiger partial charge >= 0.3 is 0 Å². The van der Waals surface area contributed by atoms with Gasteiger partial charge in [-0.15, -0.1) is 5.10 Å². The lowest BCUT2D eigenvalue weighted by molar-refractivity contribution is -0.0405. The predicted molar refractivity (Wildman–Crippen MR) is 66.0 cm³/mol. The SMILES string of the molecule is CCC(CC)(OC)C(N)c1c(Br)nnn1C. The number of methoxy groups -OCH3 is 1. The lowest BCUT2D eigenvalue weighted by atomic mass is 9.87. The maximum Gasteiger partial charge on any atom is 0.153 e. The third-order valence-corrected chi connectivity index (χ3v) is 3.86. The summed E-state index contributed by atoms with van der Waals surface area (Å²) in [6, 6.07) is -0.248. The number of ether oxygens (including phenoxy) is 1. The Labute approximate surface area is 104 Å². The van der Waals surface area contributed by atoms with E-state index in [4.69, 9.17) is 10.5 Å². The zero-order valence-corrected chi connectivity index (χ0v) is 11.8. The zero-order chi connectivity index (χ0) is 12.3. The minimum Gasteiger partial charge on any atom is -0.376 e. The van der Waals surface area contributed by atoms with E-state index in [-0.39, 0.29) is 11.6 Å². The van der Waals surface area contributed by atoms with Gasteiger partial charge in [-0.2, -0.15) is 0 Å². The van der Waals surface area contributed by atoms with Gasteiger partial charge in [-0.1, -0.05) is 19.1 Å². The van der Waals surface area contributed by atoms with E-state index < -0.39 is 0 Å². The Morgan fingerprint density at radius 3 is 2.38 bits per heavy atom. The molecule has 92 valence electrons. The van der Waals surface area contributed by atoms with Crippen LogP contribution in [-0.2, 0) is 11.8 Å². The molecule has 2 N–H and O–H groups in total. The first-order chi connectivity index (χ1) is 7.52. The van der Waals surface area contributed by atoms with Gasteiger partial charge in [0.1, 0.15) is 0 Å². The molecule has 0 saturated heterocycles. The quantitative estimate of drug-likeness (QED) is 0.898. The third kappa shape index (κ3) is 2.14. The number of halogens is 1. The minimum atomic E-state index is -0.363. The van der Waals surface area contributed by atoms with Gasteiger partial charge in [-0.3, -0.25) is 0 Å². The van der Waals surface area contributed by atoms with Crippen molar-refractivity contribution in [2.75, 3.05) is 7.11 Å². The number of hydrogen-bond donors (Lipinski definition) is 1. The van der Waals surface area contributed by atoms with Crippen LogP contribution in [0.4, 0.5) is 0 Å². The average molecular weight is 291 g/mol. The molecule has 0 aliphatic carbocycles. The summed E-state index contributed by atoms with van der Waals surface area (Å²) in [5, 5.41) is 7.89. The molecule has 1 atom stereocenters. The number of aryl methyl sites for hydroxylation is 1. The molecule has 1 rings (SSSR count). The first kappa shape index (κ1) is 13.6. The molecule has 16 heavy (non-hydrogen) atoms. The van der Waals surface area contributed by atoms with E-state index >= 15 is 0 Å². The highest BCUT2D eigenvalue weighted by atomic mass is 79.9. The van der Waals surface area contributed by atoms with Crippen LogP contribution in [0.2, 0.25) is 0 Å². The molecule has 1 heterocycles. The van der Waals surface area contributed by atoms with Gasteiger partial charge in [-0.05, 0) is 28.8 Å². The zero-order valence-electron chi connectivity index (χ0n) is 10.2. The fourth-order valence-corrected chi connectivity index (χ4v) is 2.60. The number of hydrogen-bond acceptors (Lipinski definition) is 4. The van der Waals surface area contributed by atoms with Crippen molar-refractivity contribution < 1.29 is 4.74 Å². The van der Waals surface area contributed by atoms with Crippen molar-refractivity contribution in [3.8, 4) is 0 Å². The van der Waals surface area contributed by atoms with Gasteiger partial charge < -0.3 is 10.5 Å². The smallest absolute Gasteiger partial charge is 0.153 e. The Balaban J connectivity index is 3.13. The van der Waals surface area contributed by atoms with Crippen LogP contribution in [0.3, 0.4) is 0 Å². The second-order valence-electron chi connectivity index (χ2n) is 3.84. The van der Waals surface area contributed by atoms with Gasteiger partial charge in [0.15, 0.2) is 4.60 Å². The number of nitrogens with zero attached hydrogens (tertiary/aromatic N) is 3. The Morgan fingerprint density at radius 2 is 2.06 bits per heavy atom. The van der Waals surface area contributed by atoms with Gasteiger partial charge in [0.25, 0.3) is 0 Å². The number of rotatable bonds is 5. The molecule has 0 aromatic carbocycles. The van der Waals surface area contributed by atoms with Crippen LogP contribution in [0, 0.1) is 0 Å². The summed E-state index contributed by atoms with van der Waals surface area (Å²) in [6.07, 6.45) is 1.69. The Morgan fingerprint density at radius 1 is 1.50 bits per heavy atom. The van der Waals surface area contributed by atoms with Gasteiger partial charge in [0, 0.05) is 14.2 Å². The van der Waals surface area contributed by atoms with Crippen LogP contribution in [-0.4, -0.2) is 27.7 Å². The lowest BCUT2D eigenvalue weighted by Gasteiger charge is -2.36.